The summed E-state index contributed by atoms with van der Waals surface area (Å²) < 4.78 is 11.0. The Balaban J connectivity index is 1.57. The predicted molar refractivity (Wildman–Crippen MR) is 103 cm³/mol. The van der Waals surface area contributed by atoms with Crippen molar-refractivity contribution in [3.8, 4) is 11.5 Å². The highest BCUT2D eigenvalue weighted by molar-refractivity contribution is 7.10. The van der Waals surface area contributed by atoms with Crippen molar-refractivity contribution in [3.63, 3.8) is 0 Å². The highest BCUT2D eigenvalue weighted by atomic mass is 32.1. The topological polar surface area (TPSA) is 38.8 Å². The Morgan fingerprint density at radius 2 is 1.96 bits per heavy atom. The van der Waals surface area contributed by atoms with Crippen molar-refractivity contribution in [2.24, 2.45) is 11.8 Å². The number of rotatable bonds is 4. The van der Waals surface area contributed by atoms with Gasteiger partial charge in [-0.2, -0.15) is 0 Å². The van der Waals surface area contributed by atoms with Crippen LogP contribution in [0.4, 0.5) is 0 Å². The van der Waals surface area contributed by atoms with Gasteiger partial charge in [0.2, 0.25) is 12.7 Å². The first-order chi connectivity index (χ1) is 12.6. The van der Waals surface area contributed by atoms with Crippen molar-refractivity contribution in [1.82, 2.24) is 4.90 Å². The number of fused-ring (bicyclic) bond motifs is 1. The molecule has 3 unspecified atom stereocenters. The minimum Gasteiger partial charge on any atom is -0.454 e. The van der Waals surface area contributed by atoms with Crippen molar-refractivity contribution < 1.29 is 14.3 Å². The van der Waals surface area contributed by atoms with Crippen molar-refractivity contribution in [2.75, 3.05) is 19.9 Å². The summed E-state index contributed by atoms with van der Waals surface area (Å²) in [5.41, 5.74) is 1.11. The van der Waals surface area contributed by atoms with Crippen molar-refractivity contribution in [1.29, 1.82) is 0 Å². The fourth-order valence-corrected chi connectivity index (χ4v) is 5.03. The van der Waals surface area contributed by atoms with Crippen LogP contribution in [-0.2, 0) is 4.79 Å². The third-order valence-electron chi connectivity index (χ3n) is 5.29. The van der Waals surface area contributed by atoms with Crippen LogP contribution in [0.15, 0.2) is 35.7 Å². The molecule has 2 aliphatic rings. The van der Waals surface area contributed by atoms with E-state index in [1.54, 1.807) is 11.3 Å². The molecule has 3 heterocycles. The molecule has 1 saturated heterocycles. The van der Waals surface area contributed by atoms with Gasteiger partial charge in [-0.1, -0.05) is 26.0 Å². The molecule has 0 saturated carbocycles. The molecule has 1 aromatic carbocycles. The molecule has 4 nitrogen and oxygen atoms in total. The molecular formula is C21H25NO3S. The summed E-state index contributed by atoms with van der Waals surface area (Å²) in [5.74, 6) is 3.02. The minimum atomic E-state index is 0.0598. The summed E-state index contributed by atoms with van der Waals surface area (Å²) >= 11 is 1.71. The van der Waals surface area contributed by atoms with Gasteiger partial charge in [-0.25, -0.2) is 0 Å². The van der Waals surface area contributed by atoms with E-state index in [-0.39, 0.29) is 18.6 Å². The van der Waals surface area contributed by atoms with E-state index in [9.17, 15) is 4.79 Å². The van der Waals surface area contributed by atoms with E-state index in [4.69, 9.17) is 9.47 Å². The summed E-state index contributed by atoms with van der Waals surface area (Å²) in [4.78, 5) is 16.4. The molecule has 138 valence electrons. The van der Waals surface area contributed by atoms with E-state index in [1.807, 2.05) is 12.1 Å². The number of hydrogen-bond donors (Lipinski definition) is 0. The van der Waals surface area contributed by atoms with E-state index in [0.717, 1.165) is 30.2 Å². The highest BCUT2D eigenvalue weighted by Crippen LogP contribution is 2.39. The molecule has 26 heavy (non-hydrogen) atoms. The SMILES string of the molecule is CC1CC(C)CN(C(=O)CC(c2ccc3c(c2)OCO3)c2cccs2)C1. The predicted octanol–water partition coefficient (Wildman–Crippen LogP) is 4.50. The van der Waals surface area contributed by atoms with Crippen LogP contribution in [0.2, 0.25) is 0 Å². The molecule has 2 aliphatic heterocycles. The average Bonchev–Trinajstić information content (AvgIpc) is 3.29. The largest absolute Gasteiger partial charge is 0.454 e. The van der Waals surface area contributed by atoms with Crippen LogP contribution in [0.1, 0.15) is 43.0 Å². The molecular weight excluding hydrogens is 346 g/mol. The Kier molecular flexibility index (Phi) is 4.90. The minimum absolute atomic E-state index is 0.0598. The molecule has 2 aromatic rings. The van der Waals surface area contributed by atoms with Gasteiger partial charge < -0.3 is 14.4 Å². The average molecular weight is 372 g/mol. The molecule has 1 amide bonds. The lowest BCUT2D eigenvalue weighted by molar-refractivity contribution is -0.134. The normalized spacial score (nSPS) is 23.1. The Hall–Kier alpha value is -2.01. The van der Waals surface area contributed by atoms with Crippen molar-refractivity contribution in [2.45, 2.75) is 32.6 Å². The number of ether oxygens (including phenoxy) is 2. The second-order valence-corrected chi connectivity index (χ2v) is 8.61. The standard InChI is InChI=1S/C21H25NO3S/c1-14-8-15(2)12-22(11-14)21(23)10-17(20-4-3-7-26-20)16-5-6-18-19(9-16)25-13-24-18/h3-7,9,14-15,17H,8,10-13H2,1-2H3. The number of thiophene rings is 1. The van der Waals surface area contributed by atoms with Gasteiger partial charge in [0.25, 0.3) is 0 Å². The molecule has 1 aromatic heterocycles. The zero-order valence-corrected chi connectivity index (χ0v) is 16.1. The van der Waals surface area contributed by atoms with E-state index < -0.39 is 0 Å². The van der Waals surface area contributed by atoms with Gasteiger partial charge in [0, 0.05) is 30.3 Å². The van der Waals surface area contributed by atoms with E-state index in [1.165, 1.54) is 11.3 Å². The molecule has 3 atom stereocenters. The van der Waals surface area contributed by atoms with Crippen LogP contribution in [0.5, 0.6) is 11.5 Å². The number of nitrogens with zero attached hydrogens (tertiary/aromatic N) is 1. The summed E-state index contributed by atoms with van der Waals surface area (Å²) in [6.45, 7) is 6.50. The summed E-state index contributed by atoms with van der Waals surface area (Å²) in [6, 6.07) is 10.2. The van der Waals surface area contributed by atoms with Crippen LogP contribution in [0, 0.1) is 11.8 Å². The Morgan fingerprint density at radius 1 is 1.19 bits per heavy atom. The molecule has 0 spiro atoms. The fourth-order valence-electron chi connectivity index (χ4n) is 4.17. The first kappa shape index (κ1) is 17.4. The maximum atomic E-state index is 13.1. The van der Waals surface area contributed by atoms with E-state index in [0.29, 0.717) is 18.3 Å². The maximum absolute atomic E-state index is 13.1. The number of piperidine rings is 1. The first-order valence-electron chi connectivity index (χ1n) is 9.31. The van der Waals surface area contributed by atoms with Gasteiger partial charge in [0.15, 0.2) is 11.5 Å². The molecule has 4 rings (SSSR count). The quantitative estimate of drug-likeness (QED) is 0.794. The van der Waals surface area contributed by atoms with Gasteiger partial charge >= 0.3 is 0 Å². The maximum Gasteiger partial charge on any atom is 0.231 e. The van der Waals surface area contributed by atoms with Gasteiger partial charge in [-0.3, -0.25) is 4.79 Å². The Labute approximate surface area is 158 Å². The van der Waals surface area contributed by atoms with Crippen LogP contribution in [0.3, 0.4) is 0 Å². The van der Waals surface area contributed by atoms with Gasteiger partial charge in [-0.15, -0.1) is 11.3 Å². The van der Waals surface area contributed by atoms with Gasteiger partial charge in [0.1, 0.15) is 0 Å². The first-order valence-corrected chi connectivity index (χ1v) is 10.2. The summed E-state index contributed by atoms with van der Waals surface area (Å²) in [7, 11) is 0. The Bertz CT molecular complexity index is 764. The van der Waals surface area contributed by atoms with Crippen LogP contribution >= 0.6 is 11.3 Å². The highest BCUT2D eigenvalue weighted by Gasteiger charge is 2.29. The molecule has 0 radical (unpaired) electrons. The number of carbonyl (C=O) groups excluding carboxylic acids is 1. The number of likely N-dealkylation sites (tertiary alicyclic amines) is 1. The molecule has 1 fully saturated rings. The van der Waals surface area contributed by atoms with Gasteiger partial charge in [-0.05, 0) is 47.4 Å². The second-order valence-electron chi connectivity index (χ2n) is 7.63. The van der Waals surface area contributed by atoms with Crippen molar-refractivity contribution in [3.05, 3.63) is 46.2 Å². The third-order valence-corrected chi connectivity index (χ3v) is 6.27. The molecule has 0 bridgehead atoms. The summed E-state index contributed by atoms with van der Waals surface area (Å²) in [5, 5.41) is 2.07. The zero-order chi connectivity index (χ0) is 18.1. The second kappa shape index (κ2) is 7.31. The van der Waals surface area contributed by atoms with Crippen LogP contribution in [-0.4, -0.2) is 30.7 Å². The van der Waals surface area contributed by atoms with E-state index in [2.05, 4.69) is 42.3 Å². The lowest BCUT2D eigenvalue weighted by Crippen LogP contribution is -2.43. The molecule has 0 N–H and O–H groups in total. The van der Waals surface area contributed by atoms with Crippen LogP contribution < -0.4 is 9.47 Å². The van der Waals surface area contributed by atoms with E-state index >= 15 is 0 Å². The zero-order valence-electron chi connectivity index (χ0n) is 15.3. The van der Waals surface area contributed by atoms with Gasteiger partial charge in [0.05, 0.1) is 0 Å². The lowest BCUT2D eigenvalue weighted by Gasteiger charge is -2.35. The third kappa shape index (κ3) is 3.58. The fraction of sp³-hybridized carbons (Fsp3) is 0.476. The molecule has 0 aliphatic carbocycles. The van der Waals surface area contributed by atoms with Crippen molar-refractivity contribution >= 4 is 17.2 Å². The number of benzene rings is 1. The summed E-state index contributed by atoms with van der Waals surface area (Å²) in [6.07, 6.45) is 1.71. The molecule has 5 heteroatoms. The lowest BCUT2D eigenvalue weighted by atomic mass is 9.89. The monoisotopic (exact) mass is 371 g/mol. The smallest absolute Gasteiger partial charge is 0.231 e. The van der Waals surface area contributed by atoms with Crippen LogP contribution in [0.25, 0.3) is 0 Å². The number of carbonyl (C=O) groups is 1. The Morgan fingerprint density at radius 3 is 2.69 bits per heavy atom. The number of hydrogen-bond acceptors (Lipinski definition) is 4. The number of amides is 1.